The summed E-state index contributed by atoms with van der Waals surface area (Å²) in [5, 5.41) is 12.3. The molecular formula is C10H20N2. The summed E-state index contributed by atoms with van der Waals surface area (Å²) in [7, 11) is 0. The molecule has 0 saturated heterocycles. The monoisotopic (exact) mass is 168 g/mol. The van der Waals surface area contributed by atoms with Crippen LogP contribution >= 0.6 is 0 Å². The second kappa shape index (κ2) is 3.45. The van der Waals surface area contributed by atoms with Crippen LogP contribution in [0.15, 0.2) is 0 Å². The summed E-state index contributed by atoms with van der Waals surface area (Å²) in [5.41, 5.74) is -0.479. The lowest BCUT2D eigenvalue weighted by atomic mass is 9.75. The molecule has 2 heteroatoms. The van der Waals surface area contributed by atoms with Crippen LogP contribution in [0.25, 0.3) is 0 Å². The molecule has 0 saturated carbocycles. The number of nitrogens with zero attached hydrogens (tertiary/aromatic N) is 1. The third-order valence-electron chi connectivity index (χ3n) is 2.30. The maximum absolute atomic E-state index is 9.06. The SMILES string of the molecule is CC(C)NC(C)(C#N)C(C)(C)C. The average Bonchev–Trinajstić information content (AvgIpc) is 1.83. The molecule has 70 valence electrons. The smallest absolute Gasteiger partial charge is 0.108 e. The Balaban J connectivity index is 4.61. The van der Waals surface area contributed by atoms with Crippen molar-refractivity contribution in [3.63, 3.8) is 0 Å². The molecule has 1 unspecified atom stereocenters. The molecule has 0 aliphatic carbocycles. The van der Waals surface area contributed by atoms with Gasteiger partial charge in [-0.1, -0.05) is 20.8 Å². The molecule has 0 fully saturated rings. The van der Waals surface area contributed by atoms with Gasteiger partial charge in [0.1, 0.15) is 5.54 Å². The second-order valence-corrected chi connectivity index (χ2v) is 4.79. The highest BCUT2D eigenvalue weighted by Gasteiger charge is 2.37. The molecule has 1 N–H and O–H groups in total. The van der Waals surface area contributed by atoms with E-state index in [-0.39, 0.29) is 5.41 Å². The minimum Gasteiger partial charge on any atom is -0.297 e. The van der Waals surface area contributed by atoms with Gasteiger partial charge in [0, 0.05) is 6.04 Å². The first kappa shape index (κ1) is 11.4. The fraction of sp³-hybridized carbons (Fsp3) is 0.900. The van der Waals surface area contributed by atoms with Gasteiger partial charge in [0.05, 0.1) is 6.07 Å². The zero-order chi connectivity index (χ0) is 9.99. The topological polar surface area (TPSA) is 35.8 Å². The molecule has 0 aromatic carbocycles. The Hall–Kier alpha value is -0.550. The Labute approximate surface area is 76.0 Å². The molecule has 12 heavy (non-hydrogen) atoms. The predicted molar refractivity (Wildman–Crippen MR) is 51.7 cm³/mol. The van der Waals surface area contributed by atoms with Crippen molar-refractivity contribution < 1.29 is 0 Å². The van der Waals surface area contributed by atoms with Crippen LogP contribution in [0.4, 0.5) is 0 Å². The van der Waals surface area contributed by atoms with Crippen LogP contribution in [0.5, 0.6) is 0 Å². The quantitative estimate of drug-likeness (QED) is 0.686. The summed E-state index contributed by atoms with van der Waals surface area (Å²) in [6, 6.07) is 2.68. The van der Waals surface area contributed by atoms with Crippen molar-refractivity contribution in [2.45, 2.75) is 53.1 Å². The lowest BCUT2D eigenvalue weighted by Gasteiger charge is -2.38. The fourth-order valence-electron chi connectivity index (χ4n) is 0.994. The van der Waals surface area contributed by atoms with Crippen LogP contribution in [-0.2, 0) is 0 Å². The Bertz CT molecular complexity index is 183. The summed E-state index contributed by atoms with van der Waals surface area (Å²) in [5.74, 6) is 0. The molecule has 0 radical (unpaired) electrons. The summed E-state index contributed by atoms with van der Waals surface area (Å²) >= 11 is 0. The maximum Gasteiger partial charge on any atom is 0.108 e. The molecule has 0 bridgehead atoms. The molecule has 0 spiro atoms. The minimum absolute atomic E-state index is 0.0357. The number of nitriles is 1. The van der Waals surface area contributed by atoms with E-state index in [1.165, 1.54) is 0 Å². The van der Waals surface area contributed by atoms with E-state index in [2.05, 4.69) is 46.0 Å². The van der Waals surface area contributed by atoms with Gasteiger partial charge in [0.2, 0.25) is 0 Å². The lowest BCUT2D eigenvalue weighted by Crippen LogP contribution is -2.53. The van der Waals surface area contributed by atoms with Gasteiger partial charge in [-0.2, -0.15) is 5.26 Å². The largest absolute Gasteiger partial charge is 0.297 e. The average molecular weight is 168 g/mol. The van der Waals surface area contributed by atoms with Crippen LogP contribution in [0.1, 0.15) is 41.5 Å². The maximum atomic E-state index is 9.06. The Morgan fingerprint density at radius 1 is 1.17 bits per heavy atom. The molecule has 0 aromatic rings. The van der Waals surface area contributed by atoms with E-state index in [0.717, 1.165) is 0 Å². The molecular weight excluding hydrogens is 148 g/mol. The molecule has 0 aromatic heterocycles. The molecule has 0 heterocycles. The van der Waals surface area contributed by atoms with E-state index in [1.807, 2.05) is 6.92 Å². The fourth-order valence-corrected chi connectivity index (χ4v) is 0.994. The zero-order valence-corrected chi connectivity index (χ0v) is 9.02. The minimum atomic E-state index is -0.443. The second-order valence-electron chi connectivity index (χ2n) is 4.79. The highest BCUT2D eigenvalue weighted by atomic mass is 15.0. The van der Waals surface area contributed by atoms with Gasteiger partial charge in [-0.25, -0.2) is 0 Å². The number of hydrogen-bond acceptors (Lipinski definition) is 2. The van der Waals surface area contributed by atoms with E-state index < -0.39 is 5.54 Å². The Kier molecular flexibility index (Phi) is 3.29. The summed E-state index contributed by atoms with van der Waals surface area (Å²) in [6.07, 6.45) is 0. The first-order valence-electron chi connectivity index (χ1n) is 4.42. The molecule has 0 aliphatic heterocycles. The third-order valence-corrected chi connectivity index (χ3v) is 2.30. The molecule has 0 aliphatic rings. The van der Waals surface area contributed by atoms with Crippen LogP contribution < -0.4 is 5.32 Å². The predicted octanol–water partition coefficient (Wildman–Crippen LogP) is 2.31. The van der Waals surface area contributed by atoms with E-state index in [9.17, 15) is 0 Å². The third kappa shape index (κ3) is 2.49. The first-order chi connectivity index (χ1) is 5.23. The number of hydrogen-bond donors (Lipinski definition) is 1. The number of nitrogens with one attached hydrogen (secondary N) is 1. The van der Waals surface area contributed by atoms with Crippen LogP contribution in [0.2, 0.25) is 0 Å². The van der Waals surface area contributed by atoms with Crippen molar-refractivity contribution in [3.05, 3.63) is 0 Å². The van der Waals surface area contributed by atoms with Crippen LogP contribution in [0.3, 0.4) is 0 Å². The van der Waals surface area contributed by atoms with Crippen molar-refractivity contribution in [3.8, 4) is 6.07 Å². The van der Waals surface area contributed by atoms with Crippen LogP contribution in [-0.4, -0.2) is 11.6 Å². The molecule has 0 rings (SSSR count). The summed E-state index contributed by atoms with van der Waals surface area (Å²) in [4.78, 5) is 0. The highest BCUT2D eigenvalue weighted by molar-refractivity contribution is 5.11. The van der Waals surface area contributed by atoms with Gasteiger partial charge in [-0.05, 0) is 26.2 Å². The van der Waals surface area contributed by atoms with Crippen molar-refractivity contribution in [2.75, 3.05) is 0 Å². The van der Waals surface area contributed by atoms with Gasteiger partial charge in [-0.15, -0.1) is 0 Å². The normalized spacial score (nSPS) is 17.2. The first-order valence-corrected chi connectivity index (χ1v) is 4.42. The zero-order valence-electron chi connectivity index (χ0n) is 9.02. The van der Waals surface area contributed by atoms with Gasteiger partial charge < -0.3 is 0 Å². The number of rotatable bonds is 2. The van der Waals surface area contributed by atoms with E-state index >= 15 is 0 Å². The Morgan fingerprint density at radius 2 is 1.58 bits per heavy atom. The molecule has 0 amide bonds. The van der Waals surface area contributed by atoms with Crippen molar-refractivity contribution in [1.82, 2.24) is 5.32 Å². The van der Waals surface area contributed by atoms with Gasteiger partial charge >= 0.3 is 0 Å². The standard InChI is InChI=1S/C10H20N2/c1-8(2)12-10(6,7-11)9(3,4)5/h8,12H,1-6H3. The van der Waals surface area contributed by atoms with Crippen LogP contribution in [0, 0.1) is 16.7 Å². The Morgan fingerprint density at radius 3 is 1.67 bits per heavy atom. The van der Waals surface area contributed by atoms with Gasteiger partial charge in [0.15, 0.2) is 0 Å². The van der Waals surface area contributed by atoms with E-state index in [4.69, 9.17) is 5.26 Å². The van der Waals surface area contributed by atoms with Crippen molar-refractivity contribution in [1.29, 1.82) is 5.26 Å². The van der Waals surface area contributed by atoms with Crippen molar-refractivity contribution >= 4 is 0 Å². The van der Waals surface area contributed by atoms with Gasteiger partial charge in [-0.3, -0.25) is 5.32 Å². The van der Waals surface area contributed by atoms with E-state index in [1.54, 1.807) is 0 Å². The highest BCUT2D eigenvalue weighted by Crippen LogP contribution is 2.29. The summed E-state index contributed by atoms with van der Waals surface area (Å²) < 4.78 is 0. The molecule has 2 nitrogen and oxygen atoms in total. The lowest BCUT2D eigenvalue weighted by molar-refractivity contribution is 0.203. The van der Waals surface area contributed by atoms with Gasteiger partial charge in [0.25, 0.3) is 0 Å². The van der Waals surface area contributed by atoms with Crippen molar-refractivity contribution in [2.24, 2.45) is 5.41 Å². The molecule has 1 atom stereocenters. The van der Waals surface area contributed by atoms with E-state index in [0.29, 0.717) is 6.04 Å². The summed E-state index contributed by atoms with van der Waals surface area (Å²) in [6.45, 7) is 12.3.